The lowest BCUT2D eigenvalue weighted by Gasteiger charge is -2.37. The van der Waals surface area contributed by atoms with E-state index in [9.17, 15) is 19.5 Å². The summed E-state index contributed by atoms with van der Waals surface area (Å²) in [7, 11) is -3.52. The molecule has 2 saturated heterocycles. The first kappa shape index (κ1) is 31.7. The zero-order chi connectivity index (χ0) is 33.1. The maximum atomic E-state index is 16.5. The molecule has 3 amide bonds. The van der Waals surface area contributed by atoms with Gasteiger partial charge in [0.15, 0.2) is 5.60 Å². The minimum atomic E-state index is -3.52. The summed E-state index contributed by atoms with van der Waals surface area (Å²) >= 11 is 0. The smallest absolute Gasteiger partial charge is 0.264 e. The van der Waals surface area contributed by atoms with Crippen molar-refractivity contribution in [2.45, 2.75) is 82.1 Å². The van der Waals surface area contributed by atoms with Gasteiger partial charge in [0, 0.05) is 42.2 Å². The quantitative estimate of drug-likeness (QED) is 0.269. The van der Waals surface area contributed by atoms with Crippen LogP contribution in [0.4, 0.5) is 15.5 Å². The summed E-state index contributed by atoms with van der Waals surface area (Å²) in [6, 6.07) is 22.9. The second kappa shape index (κ2) is 12.0. The summed E-state index contributed by atoms with van der Waals surface area (Å²) in [5, 5.41) is 10.3. The first-order valence-electron chi connectivity index (χ1n) is 16.7. The van der Waals surface area contributed by atoms with Crippen LogP contribution in [0.15, 0.2) is 72.8 Å². The standard InChI is InChI=1S/C37H42FN3O5Si/c1-24-35(47(2,3)38)32(20-34(44)40-22-27-13-8-7-12-26(27)18-29(40)23-42)46-37(24)30-19-28(39-17-9-14-33(39)43)15-16-31(30)41(36(37)45)21-25-10-5-4-6-11-25/h4-8,10-13,15-16,19,24,29,32,35,42H,9,14,17-18,20-23H2,1-3H3/t24-,29-,32+,35-,37+/m0/s1. The van der Waals surface area contributed by atoms with Gasteiger partial charge in [-0.25, -0.2) is 0 Å². The van der Waals surface area contributed by atoms with Crippen molar-refractivity contribution in [1.82, 2.24) is 4.90 Å². The summed E-state index contributed by atoms with van der Waals surface area (Å²) in [4.78, 5) is 46.8. The molecule has 0 unspecified atom stereocenters. The van der Waals surface area contributed by atoms with E-state index in [2.05, 4.69) is 0 Å². The Morgan fingerprint density at radius 3 is 2.45 bits per heavy atom. The summed E-state index contributed by atoms with van der Waals surface area (Å²) in [5.74, 6) is -1.03. The minimum absolute atomic E-state index is 0.0324. The van der Waals surface area contributed by atoms with Gasteiger partial charge in [-0.1, -0.05) is 61.5 Å². The predicted octanol–water partition coefficient (Wildman–Crippen LogP) is 5.47. The number of aliphatic hydroxyl groups excluding tert-OH is 1. The van der Waals surface area contributed by atoms with Crippen molar-refractivity contribution in [3.05, 3.63) is 95.1 Å². The first-order valence-corrected chi connectivity index (χ1v) is 19.6. The number of halogens is 1. The van der Waals surface area contributed by atoms with Gasteiger partial charge in [-0.05, 0) is 60.8 Å². The highest BCUT2D eigenvalue weighted by atomic mass is 28.4. The number of rotatable bonds is 7. The van der Waals surface area contributed by atoms with Gasteiger partial charge in [-0.15, -0.1) is 0 Å². The fourth-order valence-corrected chi connectivity index (χ4v) is 11.1. The zero-order valence-corrected chi connectivity index (χ0v) is 28.2. The molecule has 246 valence electrons. The van der Waals surface area contributed by atoms with E-state index >= 15 is 4.11 Å². The van der Waals surface area contributed by atoms with E-state index in [1.54, 1.807) is 27.8 Å². The maximum Gasteiger partial charge on any atom is 0.264 e. The summed E-state index contributed by atoms with van der Waals surface area (Å²) in [6.45, 7) is 6.22. The second-order valence-electron chi connectivity index (χ2n) is 14.0. The number of aliphatic hydroxyl groups is 1. The van der Waals surface area contributed by atoms with Crippen LogP contribution in [-0.4, -0.2) is 61.4 Å². The molecule has 10 heteroatoms. The molecule has 47 heavy (non-hydrogen) atoms. The average Bonchev–Trinajstić information content (AvgIpc) is 3.69. The molecular weight excluding hydrogens is 614 g/mol. The predicted molar refractivity (Wildman–Crippen MR) is 180 cm³/mol. The molecule has 4 aliphatic heterocycles. The largest absolute Gasteiger partial charge is 0.394 e. The zero-order valence-electron chi connectivity index (χ0n) is 27.2. The molecule has 8 nitrogen and oxygen atoms in total. The lowest BCUT2D eigenvalue weighted by Crippen LogP contribution is -2.48. The highest BCUT2D eigenvalue weighted by Gasteiger charge is 2.67. The fourth-order valence-electron chi connectivity index (χ4n) is 8.58. The van der Waals surface area contributed by atoms with Crippen LogP contribution < -0.4 is 9.80 Å². The van der Waals surface area contributed by atoms with Crippen LogP contribution in [0, 0.1) is 5.92 Å². The molecule has 0 saturated carbocycles. The number of fused-ring (bicyclic) bond motifs is 3. The van der Waals surface area contributed by atoms with Crippen molar-refractivity contribution >= 4 is 37.5 Å². The van der Waals surface area contributed by atoms with Crippen LogP contribution in [0.25, 0.3) is 0 Å². The number of nitrogens with zero attached hydrogens (tertiary/aromatic N) is 3. The molecule has 7 rings (SSSR count). The second-order valence-corrected chi connectivity index (χ2v) is 17.8. The number of amides is 3. The number of anilines is 2. The van der Waals surface area contributed by atoms with Crippen LogP contribution in [0.2, 0.25) is 18.6 Å². The average molecular weight is 656 g/mol. The number of ether oxygens (including phenoxy) is 1. The molecular formula is C37H42FN3O5Si. The first-order chi connectivity index (χ1) is 22.5. The van der Waals surface area contributed by atoms with E-state index in [1.165, 1.54) is 0 Å². The molecule has 3 aromatic carbocycles. The molecule has 0 aliphatic carbocycles. The number of benzene rings is 3. The van der Waals surface area contributed by atoms with Crippen LogP contribution in [0.5, 0.6) is 0 Å². The van der Waals surface area contributed by atoms with Gasteiger partial charge in [0.25, 0.3) is 5.91 Å². The Morgan fingerprint density at radius 1 is 1.04 bits per heavy atom. The number of carbonyl (C=O) groups is 3. The van der Waals surface area contributed by atoms with Gasteiger partial charge in [0.2, 0.25) is 20.2 Å². The number of hydrogen-bond donors (Lipinski definition) is 1. The Labute approximate surface area is 276 Å². The molecule has 2 fully saturated rings. The van der Waals surface area contributed by atoms with Gasteiger partial charge in [-0.2, -0.15) is 0 Å². The van der Waals surface area contributed by atoms with Crippen LogP contribution in [-0.2, 0) is 44.2 Å². The minimum Gasteiger partial charge on any atom is -0.394 e. The molecule has 3 aromatic rings. The summed E-state index contributed by atoms with van der Waals surface area (Å²) < 4.78 is 23.4. The Morgan fingerprint density at radius 2 is 1.77 bits per heavy atom. The van der Waals surface area contributed by atoms with Crippen molar-refractivity contribution in [2.75, 3.05) is 23.0 Å². The van der Waals surface area contributed by atoms with Gasteiger partial charge < -0.3 is 28.7 Å². The van der Waals surface area contributed by atoms with Crippen molar-refractivity contribution in [3.63, 3.8) is 0 Å². The molecule has 0 radical (unpaired) electrons. The Balaban J connectivity index is 1.28. The van der Waals surface area contributed by atoms with E-state index in [-0.39, 0.29) is 30.7 Å². The maximum absolute atomic E-state index is 16.5. The third kappa shape index (κ3) is 5.30. The Kier molecular flexibility index (Phi) is 8.09. The monoisotopic (exact) mass is 655 g/mol. The molecule has 0 bridgehead atoms. The SMILES string of the molecule is C[C@H]1[C@H]([Si](C)(C)F)[C@@H](CC(=O)N2Cc3ccccc3C[C@H]2CO)O[C@]12C(=O)N(Cc1ccccc1)c1ccc(N3CCCC3=O)cc12. The van der Waals surface area contributed by atoms with Gasteiger partial charge in [-0.3, -0.25) is 14.4 Å². The number of carbonyl (C=O) groups excluding carboxylic acids is 3. The highest BCUT2D eigenvalue weighted by Crippen LogP contribution is 2.61. The number of hydrogen-bond acceptors (Lipinski definition) is 5. The molecule has 4 aliphatic rings. The van der Waals surface area contributed by atoms with Crippen LogP contribution >= 0.6 is 0 Å². The summed E-state index contributed by atoms with van der Waals surface area (Å²) in [6.07, 6.45) is 0.831. The van der Waals surface area contributed by atoms with Gasteiger partial charge in [0.05, 0.1) is 37.4 Å². The van der Waals surface area contributed by atoms with Crippen molar-refractivity contribution in [1.29, 1.82) is 0 Å². The molecule has 1 N–H and O–H groups in total. The molecule has 0 aromatic heterocycles. The van der Waals surface area contributed by atoms with Crippen LogP contribution in [0.1, 0.15) is 48.4 Å². The van der Waals surface area contributed by atoms with Crippen molar-refractivity contribution in [2.24, 2.45) is 5.92 Å². The van der Waals surface area contributed by atoms with Crippen molar-refractivity contribution in [3.8, 4) is 0 Å². The van der Waals surface area contributed by atoms with E-state index in [1.807, 2.05) is 79.7 Å². The Bertz CT molecular complexity index is 1710. The third-order valence-electron chi connectivity index (χ3n) is 10.8. The normalized spacial score (nSPS) is 27.1. The Hall–Kier alpha value is -3.86. The van der Waals surface area contributed by atoms with E-state index in [0.29, 0.717) is 49.4 Å². The van der Waals surface area contributed by atoms with E-state index < -0.39 is 37.6 Å². The lowest BCUT2D eigenvalue weighted by atomic mass is 9.82. The highest BCUT2D eigenvalue weighted by molar-refractivity contribution is 6.72. The topological polar surface area (TPSA) is 90.4 Å². The van der Waals surface area contributed by atoms with Gasteiger partial charge in [0.1, 0.15) is 0 Å². The van der Waals surface area contributed by atoms with Gasteiger partial charge >= 0.3 is 0 Å². The molecule has 1 spiro atoms. The van der Waals surface area contributed by atoms with E-state index in [0.717, 1.165) is 23.1 Å². The third-order valence-corrected chi connectivity index (χ3v) is 13.2. The molecule has 4 heterocycles. The fraction of sp³-hybridized carbons (Fsp3) is 0.432. The summed E-state index contributed by atoms with van der Waals surface area (Å²) in [5.41, 5.74) is 2.91. The van der Waals surface area contributed by atoms with Crippen molar-refractivity contribution < 1.29 is 28.3 Å². The lowest BCUT2D eigenvalue weighted by molar-refractivity contribution is -0.151. The van der Waals surface area contributed by atoms with Crippen LogP contribution in [0.3, 0.4) is 0 Å². The molecule has 5 atom stereocenters. The van der Waals surface area contributed by atoms with E-state index in [4.69, 9.17) is 4.74 Å².